The Kier molecular flexibility index (Phi) is 3.70. The van der Waals surface area contributed by atoms with E-state index in [-0.39, 0.29) is 0 Å². The molecule has 2 atom stereocenters. The molecular weight excluding hydrogens is 171 g/mol. The van der Waals surface area contributed by atoms with Crippen molar-refractivity contribution < 1.29 is 18.0 Å². The van der Waals surface area contributed by atoms with Gasteiger partial charge in [-0.2, -0.15) is 13.2 Å². The minimum Gasteiger partial charge on any atom is -0.321 e. The number of Topliss-reactive ketones (excluding diaryl/α,β-unsaturated/α-hetero) is 1. The molecule has 12 heavy (non-hydrogen) atoms. The first-order valence-electron chi connectivity index (χ1n) is 3.67. The van der Waals surface area contributed by atoms with Crippen molar-refractivity contribution in [2.24, 2.45) is 11.7 Å². The average molecular weight is 183 g/mol. The van der Waals surface area contributed by atoms with Crippen molar-refractivity contribution in [1.29, 1.82) is 0 Å². The van der Waals surface area contributed by atoms with E-state index in [4.69, 9.17) is 5.73 Å². The van der Waals surface area contributed by atoms with E-state index in [1.54, 1.807) is 6.92 Å². The smallest absolute Gasteiger partial charge is 0.321 e. The molecule has 0 aromatic rings. The van der Waals surface area contributed by atoms with Gasteiger partial charge < -0.3 is 5.73 Å². The van der Waals surface area contributed by atoms with Crippen molar-refractivity contribution in [2.75, 3.05) is 0 Å². The van der Waals surface area contributed by atoms with Gasteiger partial charge in [-0.1, -0.05) is 20.3 Å². The van der Waals surface area contributed by atoms with E-state index in [2.05, 4.69) is 0 Å². The van der Waals surface area contributed by atoms with E-state index < -0.39 is 23.9 Å². The topological polar surface area (TPSA) is 43.1 Å². The zero-order chi connectivity index (χ0) is 9.94. The molecular formula is C7H12F3NO. The van der Waals surface area contributed by atoms with Crippen LogP contribution in [0.2, 0.25) is 0 Å². The lowest BCUT2D eigenvalue weighted by atomic mass is 9.96. The molecule has 0 amide bonds. The number of hydrogen-bond donors (Lipinski definition) is 1. The zero-order valence-corrected chi connectivity index (χ0v) is 6.98. The first-order chi connectivity index (χ1) is 5.30. The fraction of sp³-hybridized carbons (Fsp3) is 0.857. The third-order valence-electron chi connectivity index (χ3n) is 1.84. The summed E-state index contributed by atoms with van der Waals surface area (Å²) in [4.78, 5) is 10.5. The van der Waals surface area contributed by atoms with Crippen LogP contribution in [0.1, 0.15) is 20.3 Å². The lowest BCUT2D eigenvalue weighted by molar-refractivity contribution is -0.173. The van der Waals surface area contributed by atoms with Gasteiger partial charge in [0.1, 0.15) is 0 Å². The van der Waals surface area contributed by atoms with E-state index >= 15 is 0 Å². The predicted molar refractivity (Wildman–Crippen MR) is 38.5 cm³/mol. The highest BCUT2D eigenvalue weighted by molar-refractivity contribution is 5.89. The van der Waals surface area contributed by atoms with Crippen molar-refractivity contribution in [3.63, 3.8) is 0 Å². The molecule has 0 aromatic carbocycles. The van der Waals surface area contributed by atoms with Gasteiger partial charge in [0.2, 0.25) is 0 Å². The number of rotatable bonds is 3. The molecule has 72 valence electrons. The molecule has 0 aromatic heterocycles. The number of nitrogens with two attached hydrogens (primary N) is 1. The second-order valence-corrected chi connectivity index (χ2v) is 2.77. The molecule has 0 unspecified atom stereocenters. The van der Waals surface area contributed by atoms with Gasteiger partial charge in [-0.25, -0.2) is 0 Å². The van der Waals surface area contributed by atoms with Gasteiger partial charge in [-0.3, -0.25) is 4.79 Å². The highest BCUT2D eigenvalue weighted by atomic mass is 19.4. The number of halogens is 3. The Morgan fingerprint density at radius 1 is 1.50 bits per heavy atom. The first kappa shape index (κ1) is 11.4. The monoisotopic (exact) mass is 183 g/mol. The summed E-state index contributed by atoms with van der Waals surface area (Å²) < 4.78 is 35.3. The molecule has 2 nitrogen and oxygen atoms in total. The standard InChI is InChI=1S/C7H12F3NO/c1-3-4(2)5(11)6(12)7(8,9)10/h4-5H,3,11H2,1-2H3/t4-,5+/m0/s1. The van der Waals surface area contributed by atoms with Gasteiger partial charge in [0.05, 0.1) is 6.04 Å². The Morgan fingerprint density at radius 3 is 2.17 bits per heavy atom. The number of ketones is 1. The predicted octanol–water partition coefficient (Wildman–Crippen LogP) is 1.49. The molecule has 0 rings (SSSR count). The Balaban J connectivity index is 4.30. The minimum absolute atomic E-state index is 0.431. The summed E-state index contributed by atoms with van der Waals surface area (Å²) in [6, 6.07) is -1.42. The summed E-state index contributed by atoms with van der Waals surface area (Å²) in [6.07, 6.45) is -4.34. The molecule has 2 N–H and O–H groups in total. The van der Waals surface area contributed by atoms with Crippen LogP contribution in [0.3, 0.4) is 0 Å². The minimum atomic E-state index is -4.80. The molecule has 0 radical (unpaired) electrons. The van der Waals surface area contributed by atoms with Crippen molar-refractivity contribution in [2.45, 2.75) is 32.5 Å². The SMILES string of the molecule is CC[C@H](C)[C@@H](N)C(=O)C(F)(F)F. The average Bonchev–Trinajstić information content (AvgIpc) is 1.98. The molecule has 0 aliphatic carbocycles. The van der Waals surface area contributed by atoms with Crippen molar-refractivity contribution in [1.82, 2.24) is 0 Å². The largest absolute Gasteiger partial charge is 0.451 e. The van der Waals surface area contributed by atoms with Crippen LogP contribution in [0, 0.1) is 5.92 Å². The zero-order valence-electron chi connectivity index (χ0n) is 6.98. The van der Waals surface area contributed by atoms with E-state index in [1.165, 1.54) is 6.92 Å². The summed E-state index contributed by atoms with van der Waals surface area (Å²) in [6.45, 7) is 3.21. The number of alkyl halides is 3. The first-order valence-corrected chi connectivity index (χ1v) is 3.67. The van der Waals surface area contributed by atoms with Crippen LogP contribution in [0.5, 0.6) is 0 Å². The van der Waals surface area contributed by atoms with E-state index in [9.17, 15) is 18.0 Å². The van der Waals surface area contributed by atoms with Crippen LogP contribution in [-0.4, -0.2) is 18.0 Å². The number of carbonyl (C=O) groups excluding carboxylic acids is 1. The maximum Gasteiger partial charge on any atom is 0.451 e. The van der Waals surface area contributed by atoms with Crippen molar-refractivity contribution in [3.8, 4) is 0 Å². The number of hydrogen-bond acceptors (Lipinski definition) is 2. The summed E-state index contributed by atoms with van der Waals surface area (Å²) in [7, 11) is 0. The summed E-state index contributed by atoms with van der Waals surface area (Å²) in [5.41, 5.74) is 5.09. The van der Waals surface area contributed by atoms with Gasteiger partial charge in [0.25, 0.3) is 5.78 Å². The Hall–Kier alpha value is -0.580. The molecule has 0 fully saturated rings. The maximum atomic E-state index is 11.8. The van der Waals surface area contributed by atoms with Crippen LogP contribution in [0.25, 0.3) is 0 Å². The highest BCUT2D eigenvalue weighted by Gasteiger charge is 2.43. The van der Waals surface area contributed by atoms with E-state index in [0.29, 0.717) is 6.42 Å². The molecule has 5 heteroatoms. The maximum absolute atomic E-state index is 11.8. The van der Waals surface area contributed by atoms with Gasteiger partial charge in [0.15, 0.2) is 0 Å². The quantitative estimate of drug-likeness (QED) is 0.720. The second kappa shape index (κ2) is 3.89. The molecule has 0 bridgehead atoms. The van der Waals surface area contributed by atoms with Gasteiger partial charge in [-0.05, 0) is 5.92 Å². The van der Waals surface area contributed by atoms with E-state index in [1.807, 2.05) is 0 Å². The Bertz CT molecular complexity index is 167. The van der Waals surface area contributed by atoms with E-state index in [0.717, 1.165) is 0 Å². The van der Waals surface area contributed by atoms with Crippen LogP contribution in [0.15, 0.2) is 0 Å². The van der Waals surface area contributed by atoms with Crippen LogP contribution < -0.4 is 5.73 Å². The number of carbonyl (C=O) groups is 1. The fourth-order valence-electron chi connectivity index (χ4n) is 0.701. The Labute approximate surface area is 68.9 Å². The summed E-state index contributed by atoms with van der Waals surface area (Å²) in [5, 5.41) is 0. The summed E-state index contributed by atoms with van der Waals surface area (Å²) >= 11 is 0. The van der Waals surface area contributed by atoms with Crippen LogP contribution in [-0.2, 0) is 4.79 Å². The highest BCUT2D eigenvalue weighted by Crippen LogP contribution is 2.20. The lowest BCUT2D eigenvalue weighted by Crippen LogP contribution is -2.44. The van der Waals surface area contributed by atoms with Crippen LogP contribution >= 0.6 is 0 Å². The van der Waals surface area contributed by atoms with Crippen molar-refractivity contribution in [3.05, 3.63) is 0 Å². The molecule has 0 saturated carbocycles. The molecule has 0 aliphatic heterocycles. The molecule has 0 spiro atoms. The molecule has 0 saturated heterocycles. The second-order valence-electron chi connectivity index (χ2n) is 2.77. The summed E-state index contributed by atoms with van der Waals surface area (Å²) in [5.74, 6) is -2.27. The molecule has 0 aliphatic rings. The van der Waals surface area contributed by atoms with Crippen molar-refractivity contribution >= 4 is 5.78 Å². The molecule has 0 heterocycles. The lowest BCUT2D eigenvalue weighted by Gasteiger charge is -2.17. The van der Waals surface area contributed by atoms with Gasteiger partial charge in [-0.15, -0.1) is 0 Å². The third-order valence-corrected chi connectivity index (χ3v) is 1.84. The fourth-order valence-corrected chi connectivity index (χ4v) is 0.701. The van der Waals surface area contributed by atoms with Gasteiger partial charge >= 0.3 is 6.18 Å². The van der Waals surface area contributed by atoms with Crippen LogP contribution in [0.4, 0.5) is 13.2 Å². The third kappa shape index (κ3) is 2.81. The van der Waals surface area contributed by atoms with Gasteiger partial charge in [0, 0.05) is 0 Å². The Morgan fingerprint density at radius 2 is 1.92 bits per heavy atom. The normalized spacial score (nSPS) is 17.2.